The molecule has 1 aliphatic carbocycles. The van der Waals surface area contributed by atoms with Crippen molar-refractivity contribution in [2.24, 2.45) is 17.6 Å². The standard InChI is InChI=1S/C32H33FN6O3/c1-2-20-3-6-22(7-4-20)24-8-5-21(13-28(24)40)17-38-12-10-32(9-11-34,30(33)19-38)39-18-26(31(36)42)27(37-39)15-29(41)25-14-23(25)16-35/h3-8,13,18,23,25,30,40H,2,9-10,12,14-15,17,19H2,1H3,(H2,36,42). The number of phenolic OH excluding ortho intramolecular Hbond substituents is 1. The molecule has 2 aliphatic rings. The Morgan fingerprint density at radius 1 is 1.19 bits per heavy atom. The van der Waals surface area contributed by atoms with Gasteiger partial charge in [-0.15, -0.1) is 0 Å². The van der Waals surface area contributed by atoms with Crippen LogP contribution < -0.4 is 5.73 Å². The molecule has 3 aromatic rings. The number of nitrogens with two attached hydrogens (primary N) is 1. The highest BCUT2D eigenvalue weighted by atomic mass is 19.1. The maximum Gasteiger partial charge on any atom is 0.252 e. The number of carbonyl (C=O) groups excluding carboxylic acids is 2. The number of hydrogen-bond acceptors (Lipinski definition) is 7. The first-order valence-corrected chi connectivity index (χ1v) is 14.1. The first-order valence-electron chi connectivity index (χ1n) is 14.1. The third-order valence-electron chi connectivity index (χ3n) is 8.61. The van der Waals surface area contributed by atoms with Crippen LogP contribution in [0.3, 0.4) is 0 Å². The number of aryl methyl sites for hydroxylation is 1. The van der Waals surface area contributed by atoms with Crippen LogP contribution in [0.25, 0.3) is 11.1 Å². The number of primary amides is 1. The van der Waals surface area contributed by atoms with Crippen LogP contribution in [-0.2, 0) is 29.7 Å². The van der Waals surface area contributed by atoms with E-state index in [1.165, 1.54) is 16.4 Å². The summed E-state index contributed by atoms with van der Waals surface area (Å²) in [6.45, 7) is 2.94. The molecule has 2 heterocycles. The number of alkyl halides is 1. The number of halogens is 1. The molecule has 9 nitrogen and oxygen atoms in total. The SMILES string of the molecule is CCc1ccc(-c2ccc(CN3CCC(CC#N)(n4cc(C(N)=O)c(CC(=O)C5CC5C#N)n4)C(F)C3)cc2O)cc1. The molecule has 216 valence electrons. The summed E-state index contributed by atoms with van der Waals surface area (Å²) in [5.74, 6) is -1.56. The van der Waals surface area contributed by atoms with E-state index in [9.17, 15) is 20.0 Å². The number of likely N-dealkylation sites (tertiary alicyclic amines) is 1. The van der Waals surface area contributed by atoms with Gasteiger partial charge in [0.25, 0.3) is 5.91 Å². The number of carbonyl (C=O) groups is 2. The topological polar surface area (TPSA) is 149 Å². The van der Waals surface area contributed by atoms with Crippen molar-refractivity contribution in [3.63, 3.8) is 0 Å². The fourth-order valence-electron chi connectivity index (χ4n) is 5.88. The van der Waals surface area contributed by atoms with Gasteiger partial charge in [0.15, 0.2) is 0 Å². The van der Waals surface area contributed by atoms with E-state index in [0.717, 1.165) is 23.1 Å². The van der Waals surface area contributed by atoms with E-state index in [2.05, 4.69) is 24.2 Å². The Morgan fingerprint density at radius 3 is 2.52 bits per heavy atom. The van der Waals surface area contributed by atoms with Crippen LogP contribution in [0.15, 0.2) is 48.7 Å². The van der Waals surface area contributed by atoms with E-state index in [1.807, 2.05) is 41.3 Å². The smallest absolute Gasteiger partial charge is 0.252 e. The van der Waals surface area contributed by atoms with Crippen molar-refractivity contribution in [2.45, 2.75) is 57.3 Å². The lowest BCUT2D eigenvalue weighted by Crippen LogP contribution is -2.54. The summed E-state index contributed by atoms with van der Waals surface area (Å²) in [7, 11) is 0. The number of rotatable bonds is 10. The molecule has 2 fully saturated rings. The number of ketones is 1. The second-order valence-corrected chi connectivity index (χ2v) is 11.3. The summed E-state index contributed by atoms with van der Waals surface area (Å²) in [6, 6.07) is 17.7. The molecule has 1 saturated heterocycles. The summed E-state index contributed by atoms with van der Waals surface area (Å²) in [6.07, 6.45) is 1.14. The van der Waals surface area contributed by atoms with E-state index >= 15 is 4.39 Å². The van der Waals surface area contributed by atoms with Gasteiger partial charge < -0.3 is 10.8 Å². The van der Waals surface area contributed by atoms with Crippen molar-refractivity contribution in [3.05, 3.63) is 71.0 Å². The van der Waals surface area contributed by atoms with Crippen molar-refractivity contribution in [3.8, 4) is 29.0 Å². The van der Waals surface area contributed by atoms with Crippen LogP contribution in [0, 0.1) is 34.5 Å². The lowest BCUT2D eigenvalue weighted by molar-refractivity contribution is -0.119. The molecule has 42 heavy (non-hydrogen) atoms. The average molecular weight is 569 g/mol. The van der Waals surface area contributed by atoms with Crippen molar-refractivity contribution < 1.29 is 19.1 Å². The zero-order chi connectivity index (χ0) is 30.0. The van der Waals surface area contributed by atoms with Gasteiger partial charge in [-0.05, 0) is 42.0 Å². The fourth-order valence-corrected chi connectivity index (χ4v) is 5.88. The minimum atomic E-state index is -1.51. The maximum absolute atomic E-state index is 16.1. The molecule has 1 saturated carbocycles. The molecule has 4 atom stereocenters. The number of nitrogens with zero attached hydrogens (tertiary/aromatic N) is 5. The minimum Gasteiger partial charge on any atom is -0.507 e. The number of hydrogen-bond donors (Lipinski definition) is 2. The average Bonchev–Trinajstić information content (AvgIpc) is 3.65. The molecule has 0 radical (unpaired) electrons. The van der Waals surface area contributed by atoms with Crippen LogP contribution in [0.5, 0.6) is 5.75 Å². The molecule has 0 bridgehead atoms. The Kier molecular flexibility index (Phi) is 8.11. The first kappa shape index (κ1) is 29.0. The number of aromatic nitrogens is 2. The highest BCUT2D eigenvalue weighted by molar-refractivity contribution is 5.96. The second kappa shape index (κ2) is 11.8. The van der Waals surface area contributed by atoms with Gasteiger partial charge in [-0.3, -0.25) is 19.2 Å². The molecule has 2 aromatic carbocycles. The molecule has 5 rings (SSSR count). The van der Waals surface area contributed by atoms with E-state index in [4.69, 9.17) is 11.0 Å². The van der Waals surface area contributed by atoms with Crippen LogP contribution >= 0.6 is 0 Å². The Labute approximate surface area is 244 Å². The van der Waals surface area contributed by atoms with Gasteiger partial charge >= 0.3 is 0 Å². The zero-order valence-electron chi connectivity index (χ0n) is 23.5. The number of phenols is 1. The molecule has 0 spiro atoms. The van der Waals surface area contributed by atoms with E-state index in [1.54, 1.807) is 6.07 Å². The van der Waals surface area contributed by atoms with Gasteiger partial charge in [-0.25, -0.2) is 4.39 Å². The first-order chi connectivity index (χ1) is 20.2. The highest BCUT2D eigenvalue weighted by Crippen LogP contribution is 2.40. The normalized spacial score (nSPS) is 23.6. The van der Waals surface area contributed by atoms with Crippen molar-refractivity contribution in [1.82, 2.24) is 14.7 Å². The van der Waals surface area contributed by atoms with Gasteiger partial charge in [0.1, 0.15) is 23.2 Å². The van der Waals surface area contributed by atoms with Gasteiger partial charge in [0, 0.05) is 37.3 Å². The summed E-state index contributed by atoms with van der Waals surface area (Å²) >= 11 is 0. The Morgan fingerprint density at radius 2 is 1.93 bits per heavy atom. The van der Waals surface area contributed by atoms with E-state index in [-0.39, 0.29) is 60.4 Å². The predicted molar refractivity (Wildman–Crippen MR) is 153 cm³/mol. The van der Waals surface area contributed by atoms with Crippen LogP contribution in [-0.4, -0.2) is 50.7 Å². The Balaban J connectivity index is 1.32. The Hall–Kier alpha value is -4.54. The number of benzene rings is 2. The number of piperidine rings is 1. The molecule has 1 amide bonds. The minimum absolute atomic E-state index is 0.00856. The number of amides is 1. The highest BCUT2D eigenvalue weighted by Gasteiger charge is 2.47. The largest absolute Gasteiger partial charge is 0.507 e. The molecule has 1 aliphatic heterocycles. The third kappa shape index (κ3) is 5.63. The van der Waals surface area contributed by atoms with Crippen LogP contribution in [0.4, 0.5) is 4.39 Å². The van der Waals surface area contributed by atoms with E-state index < -0.39 is 17.6 Å². The number of aromatic hydroxyl groups is 1. The quantitative estimate of drug-likeness (QED) is 0.375. The van der Waals surface area contributed by atoms with Crippen molar-refractivity contribution in [1.29, 1.82) is 10.5 Å². The van der Waals surface area contributed by atoms with Crippen LogP contribution in [0.2, 0.25) is 0 Å². The maximum atomic E-state index is 16.1. The van der Waals surface area contributed by atoms with Crippen molar-refractivity contribution in [2.75, 3.05) is 13.1 Å². The van der Waals surface area contributed by atoms with Gasteiger partial charge in [-0.2, -0.15) is 15.6 Å². The second-order valence-electron chi connectivity index (χ2n) is 11.3. The fraction of sp³-hybridized carbons (Fsp3) is 0.406. The third-order valence-corrected chi connectivity index (χ3v) is 8.61. The van der Waals surface area contributed by atoms with Gasteiger partial charge in [0.05, 0.1) is 42.2 Å². The summed E-state index contributed by atoms with van der Waals surface area (Å²) in [5.41, 5.74) is 8.07. The summed E-state index contributed by atoms with van der Waals surface area (Å²) < 4.78 is 17.4. The van der Waals surface area contributed by atoms with Gasteiger partial charge in [0.2, 0.25) is 0 Å². The van der Waals surface area contributed by atoms with E-state index in [0.29, 0.717) is 19.5 Å². The lowest BCUT2D eigenvalue weighted by Gasteiger charge is -2.43. The zero-order valence-corrected chi connectivity index (χ0v) is 23.5. The monoisotopic (exact) mass is 568 g/mol. The van der Waals surface area contributed by atoms with Gasteiger partial charge in [-0.1, -0.05) is 43.3 Å². The summed E-state index contributed by atoms with van der Waals surface area (Å²) in [5, 5.41) is 33.9. The molecule has 10 heteroatoms. The molecule has 1 aromatic heterocycles. The molecular weight excluding hydrogens is 535 g/mol. The molecular formula is C32H33FN6O3. The van der Waals surface area contributed by atoms with Crippen LogP contribution in [0.1, 0.15) is 53.4 Å². The summed E-state index contributed by atoms with van der Waals surface area (Å²) in [4.78, 5) is 26.8. The number of Topliss-reactive ketones (excluding diaryl/α,β-unsaturated/α-hetero) is 1. The lowest BCUT2D eigenvalue weighted by atomic mass is 9.83. The van der Waals surface area contributed by atoms with Crippen molar-refractivity contribution >= 4 is 11.7 Å². The molecule has 3 N–H and O–H groups in total. The number of nitriles is 2. The predicted octanol–water partition coefficient (Wildman–Crippen LogP) is 4.04. The molecule has 4 unspecified atom stereocenters. The Bertz CT molecular complexity index is 1590.